The van der Waals surface area contributed by atoms with Crippen molar-refractivity contribution < 1.29 is 23.8 Å². The highest BCUT2D eigenvalue weighted by Gasteiger charge is 2.22. The number of hydrogen-bond donors (Lipinski definition) is 1. The molecule has 136 valence electrons. The number of aryl methyl sites for hydroxylation is 1. The number of hydrogen-bond acceptors (Lipinski definition) is 5. The Hall–Kier alpha value is -3.07. The molecule has 0 unspecified atom stereocenters. The van der Waals surface area contributed by atoms with E-state index < -0.39 is 17.7 Å². The molecule has 0 amide bonds. The molecule has 26 heavy (non-hydrogen) atoms. The molecule has 0 saturated heterocycles. The molecule has 0 radical (unpaired) electrons. The van der Waals surface area contributed by atoms with Crippen LogP contribution in [0, 0.1) is 17.1 Å². The highest BCUT2D eigenvalue weighted by Crippen LogP contribution is 2.39. The van der Waals surface area contributed by atoms with E-state index >= 15 is 0 Å². The number of carbonyl (C=O) groups excluding carboxylic acids is 1. The molecule has 2 rings (SSSR count). The molecule has 5 nitrogen and oxygen atoms in total. The first-order valence-electron chi connectivity index (χ1n) is 8.41. The Morgan fingerprint density at radius 3 is 2.69 bits per heavy atom. The van der Waals surface area contributed by atoms with Crippen molar-refractivity contribution >= 4 is 6.16 Å². The molecular formula is C20H20FNO4. The van der Waals surface area contributed by atoms with Gasteiger partial charge in [0.2, 0.25) is 0 Å². The smallest absolute Gasteiger partial charge is 0.505 e. The third kappa shape index (κ3) is 4.12. The summed E-state index contributed by atoms with van der Waals surface area (Å²) in [5.74, 6) is -1.35. The summed E-state index contributed by atoms with van der Waals surface area (Å²) in [6, 6.07) is 9.65. The number of unbranched alkanes of at least 4 members (excludes halogenated alkanes) is 1. The number of carbonyl (C=O) groups is 1. The van der Waals surface area contributed by atoms with Crippen LogP contribution in [0.4, 0.5) is 9.18 Å². The van der Waals surface area contributed by atoms with E-state index in [2.05, 4.69) is 0 Å². The number of halogens is 1. The van der Waals surface area contributed by atoms with Crippen molar-refractivity contribution in [1.29, 1.82) is 5.26 Å². The predicted octanol–water partition coefficient (Wildman–Crippen LogP) is 4.95. The maximum atomic E-state index is 14.9. The van der Waals surface area contributed by atoms with Crippen LogP contribution < -0.4 is 4.74 Å². The van der Waals surface area contributed by atoms with E-state index in [1.165, 1.54) is 18.2 Å². The van der Waals surface area contributed by atoms with Gasteiger partial charge in [-0.3, -0.25) is 0 Å². The number of rotatable bonds is 6. The fourth-order valence-electron chi connectivity index (χ4n) is 2.60. The fraction of sp³-hybridized carbons (Fsp3) is 0.300. The van der Waals surface area contributed by atoms with Gasteiger partial charge >= 0.3 is 6.16 Å². The standard InChI is InChI=1S/C20H20FNO4/c1-3-5-8-13-11-14(12-22)17(18(21)19(13)23)15-9-6-7-10-16(15)26-20(24)25-4-2/h6-7,9-11,23H,3-5,8H2,1-2H3. The second-order valence-corrected chi connectivity index (χ2v) is 5.62. The van der Waals surface area contributed by atoms with Crippen LogP contribution in [0.2, 0.25) is 0 Å². The minimum absolute atomic E-state index is 0.0436. The minimum atomic E-state index is -0.928. The van der Waals surface area contributed by atoms with Crippen LogP contribution in [0.15, 0.2) is 30.3 Å². The maximum Gasteiger partial charge on any atom is 0.513 e. The van der Waals surface area contributed by atoms with Gasteiger partial charge in [0.1, 0.15) is 5.75 Å². The van der Waals surface area contributed by atoms with Crippen LogP contribution in [0.5, 0.6) is 11.5 Å². The highest BCUT2D eigenvalue weighted by molar-refractivity contribution is 5.80. The van der Waals surface area contributed by atoms with Gasteiger partial charge in [-0.05, 0) is 37.5 Å². The Labute approximate surface area is 151 Å². The van der Waals surface area contributed by atoms with E-state index in [1.54, 1.807) is 19.1 Å². The van der Waals surface area contributed by atoms with Crippen molar-refractivity contribution in [3.8, 4) is 28.7 Å². The van der Waals surface area contributed by atoms with Gasteiger partial charge in [0.05, 0.1) is 18.2 Å². The summed E-state index contributed by atoms with van der Waals surface area (Å²) in [7, 11) is 0. The second-order valence-electron chi connectivity index (χ2n) is 5.62. The van der Waals surface area contributed by atoms with Crippen molar-refractivity contribution in [3.05, 3.63) is 47.3 Å². The van der Waals surface area contributed by atoms with Crippen LogP contribution in [-0.2, 0) is 11.2 Å². The summed E-state index contributed by atoms with van der Waals surface area (Å²) in [6.07, 6.45) is 1.18. The Balaban J connectivity index is 2.57. The first-order valence-corrected chi connectivity index (χ1v) is 8.41. The maximum absolute atomic E-state index is 14.9. The molecule has 0 heterocycles. The highest BCUT2D eigenvalue weighted by atomic mass is 19.1. The third-order valence-corrected chi connectivity index (χ3v) is 3.85. The molecule has 1 N–H and O–H groups in total. The van der Waals surface area contributed by atoms with Crippen LogP contribution in [-0.4, -0.2) is 17.9 Å². The Morgan fingerprint density at radius 1 is 1.31 bits per heavy atom. The molecule has 6 heteroatoms. The number of benzene rings is 2. The van der Waals surface area contributed by atoms with E-state index in [4.69, 9.17) is 9.47 Å². The third-order valence-electron chi connectivity index (χ3n) is 3.85. The van der Waals surface area contributed by atoms with Crippen molar-refractivity contribution in [1.82, 2.24) is 0 Å². The molecule has 2 aromatic rings. The van der Waals surface area contributed by atoms with Crippen LogP contribution in [0.25, 0.3) is 11.1 Å². The molecule has 0 atom stereocenters. The SMILES string of the molecule is CCCCc1cc(C#N)c(-c2ccccc2OC(=O)OCC)c(F)c1O. The van der Waals surface area contributed by atoms with Crippen LogP contribution >= 0.6 is 0 Å². The Morgan fingerprint density at radius 2 is 2.04 bits per heavy atom. The summed E-state index contributed by atoms with van der Waals surface area (Å²) in [5.41, 5.74) is 0.525. The van der Waals surface area contributed by atoms with Crippen molar-refractivity contribution in [3.63, 3.8) is 0 Å². The fourth-order valence-corrected chi connectivity index (χ4v) is 2.60. The molecule has 0 bridgehead atoms. The predicted molar refractivity (Wildman–Crippen MR) is 94.5 cm³/mol. The number of para-hydroxylation sites is 1. The number of ether oxygens (including phenoxy) is 2. The summed E-state index contributed by atoms with van der Waals surface area (Å²) in [5, 5.41) is 19.7. The number of nitriles is 1. The lowest BCUT2D eigenvalue weighted by molar-refractivity contribution is 0.104. The lowest BCUT2D eigenvalue weighted by atomic mass is 9.94. The van der Waals surface area contributed by atoms with Gasteiger partial charge in [-0.25, -0.2) is 9.18 Å². The summed E-state index contributed by atoms with van der Waals surface area (Å²) < 4.78 is 24.8. The topological polar surface area (TPSA) is 79.5 Å². The number of aromatic hydroxyl groups is 1. The molecule has 0 spiro atoms. The van der Waals surface area contributed by atoms with Crippen molar-refractivity contribution in [2.24, 2.45) is 0 Å². The van der Waals surface area contributed by atoms with Gasteiger partial charge in [0.15, 0.2) is 11.6 Å². The van der Waals surface area contributed by atoms with Gasteiger partial charge < -0.3 is 14.6 Å². The zero-order valence-electron chi connectivity index (χ0n) is 14.7. The summed E-state index contributed by atoms with van der Waals surface area (Å²) >= 11 is 0. The normalized spacial score (nSPS) is 10.2. The van der Waals surface area contributed by atoms with Gasteiger partial charge in [-0.1, -0.05) is 31.5 Å². The van der Waals surface area contributed by atoms with Gasteiger partial charge in [0.25, 0.3) is 0 Å². The summed E-state index contributed by atoms with van der Waals surface area (Å²) in [4.78, 5) is 11.6. The lowest BCUT2D eigenvalue weighted by Crippen LogP contribution is -2.11. The monoisotopic (exact) mass is 357 g/mol. The lowest BCUT2D eigenvalue weighted by Gasteiger charge is -2.14. The van der Waals surface area contributed by atoms with E-state index in [-0.39, 0.29) is 29.0 Å². The van der Waals surface area contributed by atoms with Crippen molar-refractivity contribution in [2.75, 3.05) is 6.61 Å². The average molecular weight is 357 g/mol. The molecule has 2 aromatic carbocycles. The quantitative estimate of drug-likeness (QED) is 0.584. The largest absolute Gasteiger partial charge is 0.513 e. The molecule has 0 aliphatic carbocycles. The molecule has 0 fully saturated rings. The zero-order valence-corrected chi connectivity index (χ0v) is 14.7. The van der Waals surface area contributed by atoms with Gasteiger partial charge in [0, 0.05) is 11.1 Å². The second kappa shape index (κ2) is 8.86. The Bertz CT molecular complexity index is 842. The van der Waals surface area contributed by atoms with Crippen molar-refractivity contribution in [2.45, 2.75) is 33.1 Å². The van der Waals surface area contributed by atoms with E-state index in [9.17, 15) is 19.6 Å². The molecule has 0 saturated carbocycles. The summed E-state index contributed by atoms with van der Waals surface area (Å²) in [6.45, 7) is 3.75. The van der Waals surface area contributed by atoms with Crippen LogP contribution in [0.3, 0.4) is 0 Å². The first kappa shape index (κ1) is 19.3. The first-order chi connectivity index (χ1) is 12.5. The molecule has 0 aliphatic rings. The van der Waals surface area contributed by atoms with E-state index in [1.807, 2.05) is 13.0 Å². The molecular weight excluding hydrogens is 337 g/mol. The number of phenols is 1. The number of nitrogens with zero attached hydrogens (tertiary/aromatic N) is 1. The van der Waals surface area contributed by atoms with Crippen LogP contribution in [0.1, 0.15) is 37.8 Å². The molecule has 0 aliphatic heterocycles. The zero-order chi connectivity index (χ0) is 19.1. The van der Waals surface area contributed by atoms with E-state index in [0.717, 1.165) is 12.8 Å². The number of phenolic OH excluding ortho intramolecular Hbond substituents is 1. The molecule has 0 aromatic heterocycles. The average Bonchev–Trinajstić information content (AvgIpc) is 2.63. The minimum Gasteiger partial charge on any atom is -0.505 e. The van der Waals surface area contributed by atoms with Gasteiger partial charge in [-0.15, -0.1) is 0 Å². The van der Waals surface area contributed by atoms with E-state index in [0.29, 0.717) is 12.0 Å². The van der Waals surface area contributed by atoms with Gasteiger partial charge in [-0.2, -0.15) is 5.26 Å². The Kier molecular flexibility index (Phi) is 6.56.